The first-order valence-electron chi connectivity index (χ1n) is 7.77. The van der Waals surface area contributed by atoms with Crippen LogP contribution in [-0.2, 0) is 6.61 Å². The second-order valence-electron chi connectivity index (χ2n) is 5.30. The molecule has 26 heavy (non-hydrogen) atoms. The highest BCUT2D eigenvalue weighted by Crippen LogP contribution is 2.16. The Morgan fingerprint density at radius 3 is 2.69 bits per heavy atom. The van der Waals surface area contributed by atoms with Crippen LogP contribution in [0.15, 0.2) is 54.0 Å². The minimum absolute atomic E-state index is 0.212. The van der Waals surface area contributed by atoms with Crippen molar-refractivity contribution in [3.8, 4) is 5.75 Å². The first kappa shape index (κ1) is 17.6. The van der Waals surface area contributed by atoms with Crippen LogP contribution in [0.3, 0.4) is 0 Å². The minimum Gasteiger partial charge on any atom is -0.487 e. The fraction of sp³-hybridized carbons (Fsp3) is 0.111. The van der Waals surface area contributed by atoms with Gasteiger partial charge in [0.2, 0.25) is 0 Å². The molecule has 3 aromatic rings. The third-order valence-electron chi connectivity index (χ3n) is 3.34. The van der Waals surface area contributed by atoms with Crippen LogP contribution in [0.4, 0.5) is 0 Å². The molecule has 0 unspecified atom stereocenters. The molecular weight excluding hydrogens is 352 g/mol. The molecule has 0 aliphatic rings. The van der Waals surface area contributed by atoms with E-state index >= 15 is 0 Å². The maximum Gasteiger partial charge on any atom is 0.288 e. The van der Waals surface area contributed by atoms with Crippen LogP contribution >= 0.6 is 11.3 Å². The van der Waals surface area contributed by atoms with E-state index < -0.39 is 11.8 Å². The van der Waals surface area contributed by atoms with Crippen molar-refractivity contribution in [3.05, 3.63) is 76.0 Å². The molecule has 8 heteroatoms. The van der Waals surface area contributed by atoms with Crippen molar-refractivity contribution in [1.29, 1.82) is 0 Å². The van der Waals surface area contributed by atoms with Crippen LogP contribution in [0.5, 0.6) is 5.75 Å². The van der Waals surface area contributed by atoms with Gasteiger partial charge in [0.25, 0.3) is 11.8 Å². The van der Waals surface area contributed by atoms with E-state index in [1.165, 1.54) is 6.20 Å². The molecule has 0 radical (unpaired) electrons. The summed E-state index contributed by atoms with van der Waals surface area (Å²) in [4.78, 5) is 32.3. The SMILES string of the molecule is Cc1nc(COc2cccc(C(=O)NNC(=O)c3ccccn3)c2)cs1. The van der Waals surface area contributed by atoms with Gasteiger partial charge >= 0.3 is 0 Å². The van der Waals surface area contributed by atoms with Gasteiger partial charge in [-0.05, 0) is 37.3 Å². The Labute approximate surface area is 154 Å². The highest BCUT2D eigenvalue weighted by Gasteiger charge is 2.10. The summed E-state index contributed by atoms with van der Waals surface area (Å²) < 4.78 is 5.66. The number of hydrogen-bond acceptors (Lipinski definition) is 6. The number of hydrazine groups is 1. The van der Waals surface area contributed by atoms with Gasteiger partial charge in [0, 0.05) is 17.1 Å². The number of benzene rings is 1. The highest BCUT2D eigenvalue weighted by atomic mass is 32.1. The number of aromatic nitrogens is 2. The van der Waals surface area contributed by atoms with Crippen molar-refractivity contribution in [1.82, 2.24) is 20.8 Å². The van der Waals surface area contributed by atoms with Gasteiger partial charge in [0.15, 0.2) is 0 Å². The summed E-state index contributed by atoms with van der Waals surface area (Å²) >= 11 is 1.55. The summed E-state index contributed by atoms with van der Waals surface area (Å²) in [5, 5.41) is 2.90. The molecule has 0 saturated carbocycles. The Morgan fingerprint density at radius 1 is 1.12 bits per heavy atom. The Bertz CT molecular complexity index is 912. The number of carbonyl (C=O) groups is 2. The second kappa shape index (κ2) is 8.21. The van der Waals surface area contributed by atoms with E-state index in [-0.39, 0.29) is 5.69 Å². The third kappa shape index (κ3) is 4.64. The second-order valence-corrected chi connectivity index (χ2v) is 6.36. The van der Waals surface area contributed by atoms with Gasteiger partial charge in [-0.1, -0.05) is 12.1 Å². The van der Waals surface area contributed by atoms with E-state index in [0.29, 0.717) is 17.9 Å². The summed E-state index contributed by atoms with van der Waals surface area (Å²) in [6.45, 7) is 2.25. The van der Waals surface area contributed by atoms with E-state index in [1.54, 1.807) is 53.8 Å². The van der Waals surface area contributed by atoms with Gasteiger partial charge < -0.3 is 4.74 Å². The van der Waals surface area contributed by atoms with Crippen LogP contribution in [0.2, 0.25) is 0 Å². The maximum atomic E-state index is 12.2. The average Bonchev–Trinajstić information content (AvgIpc) is 3.10. The fourth-order valence-corrected chi connectivity index (χ4v) is 2.70. The number of carbonyl (C=O) groups excluding carboxylic acids is 2. The average molecular weight is 368 g/mol. The molecule has 2 heterocycles. The van der Waals surface area contributed by atoms with Gasteiger partial charge in [-0.2, -0.15) is 0 Å². The number of nitrogens with one attached hydrogen (secondary N) is 2. The Balaban J connectivity index is 1.56. The van der Waals surface area contributed by atoms with Crippen molar-refractivity contribution >= 4 is 23.2 Å². The fourth-order valence-electron chi connectivity index (χ4n) is 2.11. The quantitative estimate of drug-likeness (QED) is 0.675. The van der Waals surface area contributed by atoms with Crippen molar-refractivity contribution in [2.75, 3.05) is 0 Å². The smallest absolute Gasteiger partial charge is 0.288 e. The number of nitrogens with zero attached hydrogens (tertiary/aromatic N) is 2. The van der Waals surface area contributed by atoms with E-state index in [4.69, 9.17) is 4.74 Å². The third-order valence-corrected chi connectivity index (χ3v) is 4.16. The Kier molecular flexibility index (Phi) is 5.55. The van der Waals surface area contributed by atoms with Crippen molar-refractivity contribution in [2.24, 2.45) is 0 Å². The molecule has 0 aliphatic heterocycles. The molecule has 0 aliphatic carbocycles. The zero-order chi connectivity index (χ0) is 18.4. The van der Waals surface area contributed by atoms with Crippen molar-refractivity contribution in [3.63, 3.8) is 0 Å². The first-order valence-corrected chi connectivity index (χ1v) is 8.65. The van der Waals surface area contributed by atoms with Crippen LogP contribution in [0.25, 0.3) is 0 Å². The van der Waals surface area contributed by atoms with Crippen LogP contribution in [0, 0.1) is 6.92 Å². The predicted octanol–water partition coefficient (Wildman–Crippen LogP) is 2.50. The number of amides is 2. The summed E-state index contributed by atoms with van der Waals surface area (Å²) in [5.74, 6) is -0.408. The monoisotopic (exact) mass is 368 g/mol. The molecule has 2 N–H and O–H groups in total. The summed E-state index contributed by atoms with van der Waals surface area (Å²) in [5.41, 5.74) is 6.09. The van der Waals surface area contributed by atoms with Gasteiger partial charge in [0.05, 0.1) is 10.7 Å². The standard InChI is InChI=1S/C18H16N4O3S/c1-12-20-14(11-26-12)10-25-15-6-4-5-13(9-15)17(23)21-22-18(24)16-7-2-3-8-19-16/h2-9,11H,10H2,1H3,(H,21,23)(H,22,24). The molecule has 3 rings (SSSR count). The summed E-state index contributed by atoms with van der Waals surface area (Å²) in [6.07, 6.45) is 1.50. The number of pyridine rings is 1. The zero-order valence-corrected chi connectivity index (χ0v) is 14.7. The predicted molar refractivity (Wildman–Crippen MR) is 96.8 cm³/mol. The lowest BCUT2D eigenvalue weighted by Crippen LogP contribution is -2.41. The van der Waals surface area contributed by atoms with E-state index in [9.17, 15) is 9.59 Å². The Hall–Kier alpha value is -3.26. The lowest BCUT2D eigenvalue weighted by Gasteiger charge is -2.09. The number of ether oxygens (including phenoxy) is 1. The molecule has 2 aromatic heterocycles. The number of aryl methyl sites for hydroxylation is 1. The van der Waals surface area contributed by atoms with Crippen molar-refractivity contribution in [2.45, 2.75) is 13.5 Å². The molecule has 1 aromatic carbocycles. The zero-order valence-electron chi connectivity index (χ0n) is 13.9. The molecule has 7 nitrogen and oxygen atoms in total. The first-order chi connectivity index (χ1) is 12.6. The van der Waals surface area contributed by atoms with E-state index in [1.807, 2.05) is 12.3 Å². The molecule has 2 amide bonds. The van der Waals surface area contributed by atoms with Gasteiger partial charge in [-0.25, -0.2) is 4.98 Å². The molecule has 0 fully saturated rings. The van der Waals surface area contributed by atoms with Crippen LogP contribution in [-0.4, -0.2) is 21.8 Å². The van der Waals surface area contributed by atoms with Crippen LogP contribution < -0.4 is 15.6 Å². The lowest BCUT2D eigenvalue weighted by atomic mass is 10.2. The molecule has 132 valence electrons. The topological polar surface area (TPSA) is 93.2 Å². The van der Waals surface area contributed by atoms with Crippen LogP contribution in [0.1, 0.15) is 31.5 Å². The summed E-state index contributed by atoms with van der Waals surface area (Å²) in [7, 11) is 0. The number of rotatable bonds is 5. The molecule has 0 bridgehead atoms. The van der Waals surface area contributed by atoms with Gasteiger partial charge in [-0.3, -0.25) is 25.4 Å². The normalized spacial score (nSPS) is 10.2. The Morgan fingerprint density at radius 2 is 1.96 bits per heavy atom. The number of thiazole rings is 1. The van der Waals surface area contributed by atoms with E-state index in [2.05, 4.69) is 20.8 Å². The van der Waals surface area contributed by atoms with E-state index in [0.717, 1.165) is 10.7 Å². The maximum absolute atomic E-state index is 12.2. The molecule has 0 spiro atoms. The van der Waals surface area contributed by atoms with Crippen molar-refractivity contribution < 1.29 is 14.3 Å². The molecule has 0 atom stereocenters. The number of hydrogen-bond donors (Lipinski definition) is 2. The lowest BCUT2D eigenvalue weighted by molar-refractivity contribution is 0.0844. The minimum atomic E-state index is -0.495. The van der Waals surface area contributed by atoms with Gasteiger partial charge in [0.1, 0.15) is 18.1 Å². The highest BCUT2D eigenvalue weighted by molar-refractivity contribution is 7.09. The van der Waals surface area contributed by atoms with Gasteiger partial charge in [-0.15, -0.1) is 11.3 Å². The summed E-state index contributed by atoms with van der Waals surface area (Å²) in [6, 6.07) is 11.6. The molecule has 0 saturated heterocycles. The largest absolute Gasteiger partial charge is 0.487 e. The molecular formula is C18H16N4O3S.